The average molecular weight is 381 g/mol. The van der Waals surface area contributed by atoms with Crippen LogP contribution in [0.5, 0.6) is 11.5 Å². The second-order valence-electron chi connectivity index (χ2n) is 6.36. The van der Waals surface area contributed by atoms with Crippen molar-refractivity contribution in [2.24, 2.45) is 0 Å². The number of carbonyl (C=O) groups excluding carboxylic acids is 1. The number of methoxy groups -OCH3 is 1. The molecule has 27 heavy (non-hydrogen) atoms. The molecule has 0 fully saturated rings. The maximum Gasteiger partial charge on any atom is 0.150 e. The highest BCUT2D eigenvalue weighted by molar-refractivity contribution is 7.13. The van der Waals surface area contributed by atoms with Crippen LogP contribution in [0.25, 0.3) is 10.4 Å². The van der Waals surface area contributed by atoms with E-state index >= 15 is 0 Å². The molecule has 0 radical (unpaired) electrons. The van der Waals surface area contributed by atoms with Crippen molar-refractivity contribution in [3.8, 4) is 21.9 Å². The molecular weight excluding hydrogens is 356 g/mol. The van der Waals surface area contributed by atoms with Crippen LogP contribution in [0.1, 0.15) is 35.2 Å². The summed E-state index contributed by atoms with van der Waals surface area (Å²) in [4.78, 5) is 12.2. The Morgan fingerprint density at radius 1 is 1.00 bits per heavy atom. The fourth-order valence-electron chi connectivity index (χ4n) is 2.99. The zero-order chi connectivity index (χ0) is 18.9. The highest BCUT2D eigenvalue weighted by atomic mass is 32.1. The van der Waals surface area contributed by atoms with Crippen molar-refractivity contribution in [2.45, 2.75) is 25.7 Å². The third kappa shape index (κ3) is 5.44. The van der Waals surface area contributed by atoms with Crippen LogP contribution < -0.4 is 9.47 Å². The molecule has 0 aliphatic heterocycles. The summed E-state index contributed by atoms with van der Waals surface area (Å²) in [5.74, 6) is 1.76. The summed E-state index contributed by atoms with van der Waals surface area (Å²) in [6, 6.07) is 17.9. The van der Waals surface area contributed by atoms with E-state index in [0.717, 1.165) is 53.9 Å². The van der Waals surface area contributed by atoms with Crippen molar-refractivity contribution in [3.05, 3.63) is 71.1 Å². The molecule has 0 bridgehead atoms. The number of rotatable bonds is 10. The van der Waals surface area contributed by atoms with E-state index in [1.54, 1.807) is 18.4 Å². The second-order valence-corrected chi connectivity index (χ2v) is 7.31. The Bertz CT molecular complexity index is 856. The first-order valence-corrected chi connectivity index (χ1v) is 10.1. The molecule has 0 saturated carbocycles. The normalized spacial score (nSPS) is 10.6. The topological polar surface area (TPSA) is 35.5 Å². The minimum atomic E-state index is 0.670. The SMILES string of the molecule is COc1cccc(CCCCCOc2ccc(C=O)cc2-c2cccs2)c1. The van der Waals surface area contributed by atoms with Crippen molar-refractivity contribution >= 4 is 17.6 Å². The molecule has 3 aromatic rings. The summed E-state index contributed by atoms with van der Waals surface area (Å²) in [6.07, 6.45) is 5.16. The summed E-state index contributed by atoms with van der Waals surface area (Å²) < 4.78 is 11.3. The molecule has 2 aromatic carbocycles. The van der Waals surface area contributed by atoms with Gasteiger partial charge in [-0.25, -0.2) is 0 Å². The Balaban J connectivity index is 1.48. The molecule has 1 aromatic heterocycles. The van der Waals surface area contributed by atoms with Gasteiger partial charge in [-0.3, -0.25) is 4.79 Å². The van der Waals surface area contributed by atoms with Crippen LogP contribution in [0.4, 0.5) is 0 Å². The lowest BCUT2D eigenvalue weighted by Gasteiger charge is -2.11. The minimum absolute atomic E-state index is 0.670. The zero-order valence-electron chi connectivity index (χ0n) is 15.5. The first kappa shape index (κ1) is 19.2. The molecule has 0 amide bonds. The summed E-state index contributed by atoms with van der Waals surface area (Å²) in [5.41, 5.74) is 2.97. The van der Waals surface area contributed by atoms with E-state index in [1.165, 1.54) is 5.56 Å². The number of aryl methyl sites for hydroxylation is 1. The van der Waals surface area contributed by atoms with Gasteiger partial charge in [0, 0.05) is 16.0 Å². The van der Waals surface area contributed by atoms with Gasteiger partial charge < -0.3 is 9.47 Å². The number of aldehydes is 1. The highest BCUT2D eigenvalue weighted by Gasteiger charge is 2.09. The number of thiophene rings is 1. The maximum absolute atomic E-state index is 11.1. The third-order valence-electron chi connectivity index (χ3n) is 4.43. The lowest BCUT2D eigenvalue weighted by Crippen LogP contribution is -1.99. The van der Waals surface area contributed by atoms with Crippen LogP contribution in [-0.2, 0) is 6.42 Å². The standard InChI is InChI=1S/C23H24O3S/c1-25-20-9-5-8-18(15-20)7-3-2-4-13-26-22-12-11-19(17-24)16-21(22)23-10-6-14-27-23/h5-6,8-12,14-17H,2-4,7,13H2,1H3. The Morgan fingerprint density at radius 3 is 2.70 bits per heavy atom. The number of hydrogen-bond donors (Lipinski definition) is 0. The van der Waals surface area contributed by atoms with Gasteiger partial charge >= 0.3 is 0 Å². The fourth-order valence-corrected chi connectivity index (χ4v) is 3.74. The van der Waals surface area contributed by atoms with Gasteiger partial charge in [0.25, 0.3) is 0 Å². The van der Waals surface area contributed by atoms with Crippen LogP contribution in [-0.4, -0.2) is 20.0 Å². The number of carbonyl (C=O) groups is 1. The van der Waals surface area contributed by atoms with E-state index in [9.17, 15) is 4.79 Å². The van der Waals surface area contributed by atoms with E-state index < -0.39 is 0 Å². The summed E-state index contributed by atoms with van der Waals surface area (Å²) in [6.45, 7) is 0.678. The van der Waals surface area contributed by atoms with Crippen LogP contribution in [0.2, 0.25) is 0 Å². The van der Waals surface area contributed by atoms with Gasteiger partial charge in [-0.15, -0.1) is 11.3 Å². The van der Waals surface area contributed by atoms with Gasteiger partial charge in [0.15, 0.2) is 0 Å². The molecular formula is C23H24O3S. The monoisotopic (exact) mass is 380 g/mol. The highest BCUT2D eigenvalue weighted by Crippen LogP contribution is 2.34. The van der Waals surface area contributed by atoms with Gasteiger partial charge in [-0.05, 0) is 73.0 Å². The van der Waals surface area contributed by atoms with Gasteiger partial charge in [0.05, 0.1) is 13.7 Å². The van der Waals surface area contributed by atoms with Gasteiger partial charge in [0.2, 0.25) is 0 Å². The largest absolute Gasteiger partial charge is 0.497 e. The first-order chi connectivity index (χ1) is 13.3. The molecule has 0 aliphatic carbocycles. The Kier molecular flexibility index (Phi) is 7.05. The molecule has 0 saturated heterocycles. The maximum atomic E-state index is 11.1. The van der Waals surface area contributed by atoms with Crippen molar-refractivity contribution in [3.63, 3.8) is 0 Å². The van der Waals surface area contributed by atoms with E-state index in [-0.39, 0.29) is 0 Å². The predicted molar refractivity (Wildman–Crippen MR) is 111 cm³/mol. The Morgan fingerprint density at radius 2 is 1.93 bits per heavy atom. The smallest absolute Gasteiger partial charge is 0.150 e. The second kappa shape index (κ2) is 9.93. The van der Waals surface area contributed by atoms with Gasteiger partial charge in [-0.2, -0.15) is 0 Å². The van der Waals surface area contributed by atoms with Crippen molar-refractivity contribution in [1.29, 1.82) is 0 Å². The molecule has 140 valence electrons. The molecule has 1 heterocycles. The van der Waals surface area contributed by atoms with Crippen LogP contribution in [0.3, 0.4) is 0 Å². The van der Waals surface area contributed by atoms with Crippen molar-refractivity contribution in [2.75, 3.05) is 13.7 Å². The molecule has 3 nitrogen and oxygen atoms in total. The molecule has 0 unspecified atom stereocenters. The third-order valence-corrected chi connectivity index (χ3v) is 5.33. The molecule has 3 rings (SSSR count). The summed E-state index contributed by atoms with van der Waals surface area (Å²) >= 11 is 1.65. The summed E-state index contributed by atoms with van der Waals surface area (Å²) in [7, 11) is 1.70. The van der Waals surface area contributed by atoms with Crippen LogP contribution in [0.15, 0.2) is 60.0 Å². The fraction of sp³-hybridized carbons (Fsp3) is 0.261. The Labute approximate surface area is 164 Å². The number of ether oxygens (including phenoxy) is 2. The Hall–Kier alpha value is -2.59. The molecule has 0 atom stereocenters. The molecule has 0 N–H and O–H groups in total. The van der Waals surface area contributed by atoms with E-state index in [2.05, 4.69) is 18.2 Å². The predicted octanol–water partition coefficient (Wildman–Crippen LogP) is 6.03. The van der Waals surface area contributed by atoms with Crippen LogP contribution in [0, 0.1) is 0 Å². The molecule has 0 aliphatic rings. The quantitative estimate of drug-likeness (QED) is 0.318. The van der Waals surface area contributed by atoms with E-state index in [4.69, 9.17) is 9.47 Å². The van der Waals surface area contributed by atoms with E-state index in [0.29, 0.717) is 12.2 Å². The minimum Gasteiger partial charge on any atom is -0.497 e. The number of benzene rings is 2. The van der Waals surface area contributed by atoms with Crippen molar-refractivity contribution < 1.29 is 14.3 Å². The molecule has 0 spiro atoms. The van der Waals surface area contributed by atoms with Gasteiger partial charge in [0.1, 0.15) is 17.8 Å². The number of unbranched alkanes of at least 4 members (excludes halogenated alkanes) is 2. The number of hydrogen-bond acceptors (Lipinski definition) is 4. The van der Waals surface area contributed by atoms with Gasteiger partial charge in [-0.1, -0.05) is 18.2 Å². The average Bonchev–Trinajstić information content (AvgIpc) is 3.25. The lowest BCUT2D eigenvalue weighted by molar-refractivity contribution is 0.112. The first-order valence-electron chi connectivity index (χ1n) is 9.19. The zero-order valence-corrected chi connectivity index (χ0v) is 16.3. The van der Waals surface area contributed by atoms with Crippen LogP contribution >= 0.6 is 11.3 Å². The van der Waals surface area contributed by atoms with E-state index in [1.807, 2.05) is 41.8 Å². The summed E-state index contributed by atoms with van der Waals surface area (Å²) in [5, 5.41) is 2.03. The lowest BCUT2D eigenvalue weighted by atomic mass is 10.1. The molecule has 4 heteroatoms. The van der Waals surface area contributed by atoms with Crippen molar-refractivity contribution in [1.82, 2.24) is 0 Å².